The molecule has 0 saturated carbocycles. The van der Waals surface area contributed by atoms with E-state index in [2.05, 4.69) is 5.32 Å². The molecule has 0 aliphatic rings. The Labute approximate surface area is 129 Å². The minimum Gasteiger partial charge on any atom is -0.452 e. The molecule has 1 N–H and O–H groups in total. The zero-order valence-electron chi connectivity index (χ0n) is 12.0. The molecule has 23 heavy (non-hydrogen) atoms. The first-order valence-electron chi connectivity index (χ1n) is 6.54. The van der Waals surface area contributed by atoms with Gasteiger partial charge >= 0.3 is 5.97 Å². The second-order valence-electron chi connectivity index (χ2n) is 4.75. The first-order chi connectivity index (χ1) is 10.8. The minimum absolute atomic E-state index is 0.0438. The average Bonchev–Trinajstić information content (AvgIpc) is 2.46. The first-order valence-corrected chi connectivity index (χ1v) is 6.54. The van der Waals surface area contributed by atoms with E-state index in [-0.39, 0.29) is 11.3 Å². The summed E-state index contributed by atoms with van der Waals surface area (Å²) in [5.41, 5.74) is 0.218. The molecular formula is C16H12F3NO3. The van der Waals surface area contributed by atoms with E-state index in [1.807, 2.05) is 0 Å². The normalized spacial score (nSPS) is 10.3. The van der Waals surface area contributed by atoms with E-state index in [4.69, 9.17) is 4.74 Å². The lowest BCUT2D eigenvalue weighted by Gasteiger charge is -2.07. The number of nitrogens with one attached hydrogen (secondary N) is 1. The van der Waals surface area contributed by atoms with Gasteiger partial charge in [0.25, 0.3) is 5.91 Å². The van der Waals surface area contributed by atoms with Gasteiger partial charge in [-0.2, -0.15) is 0 Å². The van der Waals surface area contributed by atoms with Gasteiger partial charge in [-0.05, 0) is 36.8 Å². The van der Waals surface area contributed by atoms with Crippen LogP contribution in [0.2, 0.25) is 0 Å². The number of esters is 1. The highest BCUT2D eigenvalue weighted by atomic mass is 19.1. The van der Waals surface area contributed by atoms with Gasteiger partial charge in [0.15, 0.2) is 6.61 Å². The largest absolute Gasteiger partial charge is 0.452 e. The lowest BCUT2D eigenvalue weighted by atomic mass is 10.1. The SMILES string of the molecule is Cc1ccc(C(=O)OCC(=O)Nc2cc(F)cc(F)c2)cc1F. The number of halogens is 3. The van der Waals surface area contributed by atoms with Gasteiger partial charge in [-0.15, -0.1) is 0 Å². The van der Waals surface area contributed by atoms with E-state index in [1.54, 1.807) is 0 Å². The standard InChI is InChI=1S/C16H12F3NO3/c1-9-2-3-10(4-14(9)19)16(22)23-8-15(21)20-13-6-11(17)5-12(18)7-13/h2-7H,8H2,1H3,(H,20,21). The van der Waals surface area contributed by atoms with Crippen LogP contribution in [-0.4, -0.2) is 18.5 Å². The molecule has 0 saturated heterocycles. The second kappa shape index (κ2) is 6.95. The number of carbonyl (C=O) groups excluding carboxylic acids is 2. The summed E-state index contributed by atoms with van der Waals surface area (Å²) in [6, 6.07) is 6.25. The summed E-state index contributed by atoms with van der Waals surface area (Å²) in [6.07, 6.45) is 0. The van der Waals surface area contributed by atoms with Crippen molar-refractivity contribution in [3.8, 4) is 0 Å². The summed E-state index contributed by atoms with van der Waals surface area (Å²) >= 11 is 0. The van der Waals surface area contributed by atoms with Gasteiger partial charge in [-0.1, -0.05) is 6.07 Å². The van der Waals surface area contributed by atoms with Crippen LogP contribution in [0.3, 0.4) is 0 Å². The van der Waals surface area contributed by atoms with Gasteiger partial charge < -0.3 is 10.1 Å². The van der Waals surface area contributed by atoms with Crippen LogP contribution in [-0.2, 0) is 9.53 Å². The summed E-state index contributed by atoms with van der Waals surface area (Å²) in [6.45, 7) is 0.864. The molecule has 4 nitrogen and oxygen atoms in total. The van der Waals surface area contributed by atoms with E-state index < -0.39 is 35.9 Å². The van der Waals surface area contributed by atoms with Crippen LogP contribution in [0.1, 0.15) is 15.9 Å². The predicted molar refractivity (Wildman–Crippen MR) is 76.4 cm³/mol. The topological polar surface area (TPSA) is 55.4 Å². The third-order valence-electron chi connectivity index (χ3n) is 2.89. The van der Waals surface area contributed by atoms with E-state index in [1.165, 1.54) is 19.1 Å². The molecule has 0 radical (unpaired) electrons. The summed E-state index contributed by atoms with van der Waals surface area (Å²) in [7, 11) is 0. The van der Waals surface area contributed by atoms with Crippen LogP contribution in [0.25, 0.3) is 0 Å². The maximum absolute atomic E-state index is 13.3. The maximum Gasteiger partial charge on any atom is 0.338 e. The van der Waals surface area contributed by atoms with E-state index in [0.29, 0.717) is 11.6 Å². The number of aryl methyl sites for hydroxylation is 1. The summed E-state index contributed by atoms with van der Waals surface area (Å²) in [5.74, 6) is -3.95. The minimum atomic E-state index is -0.885. The fraction of sp³-hybridized carbons (Fsp3) is 0.125. The van der Waals surface area contributed by atoms with E-state index in [0.717, 1.165) is 18.2 Å². The Kier molecular flexibility index (Phi) is 5.00. The molecule has 2 rings (SSSR count). The maximum atomic E-state index is 13.3. The number of carbonyl (C=O) groups is 2. The third kappa shape index (κ3) is 4.57. The van der Waals surface area contributed by atoms with Crippen molar-refractivity contribution in [2.24, 2.45) is 0 Å². The fourth-order valence-electron chi connectivity index (χ4n) is 1.76. The van der Waals surface area contributed by atoms with E-state index >= 15 is 0 Å². The van der Waals surface area contributed by atoms with Crippen LogP contribution in [0.5, 0.6) is 0 Å². The smallest absolute Gasteiger partial charge is 0.338 e. The quantitative estimate of drug-likeness (QED) is 0.879. The van der Waals surface area contributed by atoms with Gasteiger partial charge in [0, 0.05) is 11.8 Å². The van der Waals surface area contributed by atoms with Crippen LogP contribution in [0.15, 0.2) is 36.4 Å². The monoisotopic (exact) mass is 323 g/mol. The molecular weight excluding hydrogens is 311 g/mol. The van der Waals surface area contributed by atoms with Crippen LogP contribution in [0.4, 0.5) is 18.9 Å². The Hall–Kier alpha value is -2.83. The van der Waals surface area contributed by atoms with Crippen molar-refractivity contribution in [3.05, 3.63) is 65.0 Å². The molecule has 0 aliphatic heterocycles. The molecule has 120 valence electrons. The summed E-state index contributed by atoms with van der Waals surface area (Å²) in [4.78, 5) is 23.3. The highest BCUT2D eigenvalue weighted by Crippen LogP contribution is 2.13. The molecule has 0 spiro atoms. The van der Waals surface area contributed by atoms with Crippen molar-refractivity contribution in [1.29, 1.82) is 0 Å². The lowest BCUT2D eigenvalue weighted by Crippen LogP contribution is -2.21. The van der Waals surface area contributed by atoms with Crippen LogP contribution in [0, 0.1) is 24.4 Å². The Bertz CT molecular complexity index is 742. The Morgan fingerprint density at radius 3 is 2.30 bits per heavy atom. The second-order valence-corrected chi connectivity index (χ2v) is 4.75. The van der Waals surface area contributed by atoms with Crippen molar-refractivity contribution in [3.63, 3.8) is 0 Å². The Morgan fingerprint density at radius 2 is 1.70 bits per heavy atom. The number of ether oxygens (including phenoxy) is 1. The number of hydrogen-bond acceptors (Lipinski definition) is 3. The number of benzene rings is 2. The number of amides is 1. The highest BCUT2D eigenvalue weighted by molar-refractivity contribution is 5.95. The van der Waals surface area contributed by atoms with Crippen LogP contribution < -0.4 is 5.32 Å². The number of hydrogen-bond donors (Lipinski definition) is 1. The van der Waals surface area contributed by atoms with Gasteiger partial charge in [0.05, 0.1) is 5.56 Å². The molecule has 0 aliphatic carbocycles. The van der Waals surface area contributed by atoms with Crippen LogP contribution >= 0.6 is 0 Å². The van der Waals surface area contributed by atoms with Crippen molar-refractivity contribution in [2.45, 2.75) is 6.92 Å². The average molecular weight is 323 g/mol. The summed E-state index contributed by atoms with van der Waals surface area (Å²) < 4.78 is 44.0. The zero-order valence-corrected chi connectivity index (χ0v) is 12.0. The Morgan fingerprint density at radius 1 is 1.04 bits per heavy atom. The van der Waals surface area contributed by atoms with Gasteiger partial charge in [0.2, 0.25) is 0 Å². The number of rotatable bonds is 4. The predicted octanol–water partition coefficient (Wildman–Crippen LogP) is 3.21. The lowest BCUT2D eigenvalue weighted by molar-refractivity contribution is -0.119. The molecule has 2 aromatic carbocycles. The molecule has 0 unspecified atom stereocenters. The molecule has 0 heterocycles. The first kappa shape index (κ1) is 16.5. The number of anilines is 1. The Balaban J connectivity index is 1.93. The summed E-state index contributed by atoms with van der Waals surface area (Å²) in [5, 5.41) is 2.18. The van der Waals surface area contributed by atoms with Crippen molar-refractivity contribution < 1.29 is 27.5 Å². The molecule has 0 aromatic heterocycles. The zero-order chi connectivity index (χ0) is 17.0. The van der Waals surface area contributed by atoms with Crippen molar-refractivity contribution in [1.82, 2.24) is 0 Å². The van der Waals surface area contributed by atoms with Gasteiger partial charge in [0.1, 0.15) is 17.5 Å². The van der Waals surface area contributed by atoms with Gasteiger partial charge in [-0.3, -0.25) is 4.79 Å². The van der Waals surface area contributed by atoms with Crippen molar-refractivity contribution >= 4 is 17.6 Å². The molecule has 7 heteroatoms. The van der Waals surface area contributed by atoms with E-state index in [9.17, 15) is 22.8 Å². The molecule has 0 fully saturated rings. The van der Waals surface area contributed by atoms with Gasteiger partial charge in [-0.25, -0.2) is 18.0 Å². The third-order valence-corrected chi connectivity index (χ3v) is 2.89. The fourth-order valence-corrected chi connectivity index (χ4v) is 1.76. The molecule has 2 aromatic rings. The van der Waals surface area contributed by atoms with Crippen molar-refractivity contribution in [2.75, 3.05) is 11.9 Å². The highest BCUT2D eigenvalue weighted by Gasteiger charge is 2.12. The molecule has 0 bridgehead atoms. The molecule has 1 amide bonds. The molecule has 0 atom stereocenters.